The van der Waals surface area contributed by atoms with Crippen LogP contribution in [0.1, 0.15) is 40.5 Å². The van der Waals surface area contributed by atoms with Gasteiger partial charge >= 0.3 is 5.97 Å². The van der Waals surface area contributed by atoms with Crippen molar-refractivity contribution in [3.05, 3.63) is 11.6 Å². The lowest BCUT2D eigenvalue weighted by Crippen LogP contribution is -2.37. The lowest BCUT2D eigenvalue weighted by Gasteiger charge is -2.35. The lowest BCUT2D eigenvalue weighted by molar-refractivity contribution is -0.146. The van der Waals surface area contributed by atoms with Crippen molar-refractivity contribution in [3.63, 3.8) is 0 Å². The average Bonchev–Trinajstić information content (AvgIpc) is 2.06. The highest BCUT2D eigenvalue weighted by Crippen LogP contribution is 2.33. The molecule has 0 spiro atoms. The van der Waals surface area contributed by atoms with E-state index in [0.29, 0.717) is 6.42 Å². The number of ether oxygens (including phenoxy) is 1. The van der Waals surface area contributed by atoms with Crippen LogP contribution in [0.4, 0.5) is 0 Å². The first-order chi connectivity index (χ1) is 6.80. The Bertz CT molecular complexity index is 273. The number of aliphatic hydroxyl groups is 1. The molecule has 2 unspecified atom stereocenters. The fourth-order valence-corrected chi connectivity index (χ4v) is 1.92. The molecule has 0 aromatic heterocycles. The van der Waals surface area contributed by atoms with Crippen molar-refractivity contribution in [3.8, 4) is 0 Å². The number of allylic oxidation sites excluding steroid dienone is 1. The molecule has 0 fully saturated rings. The first-order valence-corrected chi connectivity index (χ1v) is 5.37. The van der Waals surface area contributed by atoms with Crippen molar-refractivity contribution in [2.45, 2.75) is 52.2 Å². The second-order valence-electron chi connectivity index (χ2n) is 4.87. The molecule has 0 amide bonds. The summed E-state index contributed by atoms with van der Waals surface area (Å²) in [7, 11) is 0. The zero-order valence-corrected chi connectivity index (χ0v) is 9.91. The maximum Gasteiger partial charge on any atom is 0.303 e. The molecule has 0 saturated heterocycles. The minimum Gasteiger partial charge on any atom is -0.458 e. The monoisotopic (exact) mass is 212 g/mol. The van der Waals surface area contributed by atoms with E-state index in [-0.39, 0.29) is 18.0 Å². The van der Waals surface area contributed by atoms with Crippen molar-refractivity contribution < 1.29 is 14.6 Å². The molecule has 0 aliphatic heterocycles. The van der Waals surface area contributed by atoms with E-state index >= 15 is 0 Å². The molecule has 0 radical (unpaired) electrons. The van der Waals surface area contributed by atoms with E-state index in [1.807, 2.05) is 6.92 Å². The quantitative estimate of drug-likeness (QED) is 0.563. The van der Waals surface area contributed by atoms with Gasteiger partial charge in [-0.3, -0.25) is 4.79 Å². The Morgan fingerprint density at radius 1 is 1.60 bits per heavy atom. The lowest BCUT2D eigenvalue weighted by atomic mass is 9.78. The van der Waals surface area contributed by atoms with E-state index in [2.05, 4.69) is 6.08 Å². The molecule has 0 saturated carbocycles. The zero-order valence-electron chi connectivity index (χ0n) is 9.91. The minimum atomic E-state index is -0.713. The third kappa shape index (κ3) is 3.34. The summed E-state index contributed by atoms with van der Waals surface area (Å²) >= 11 is 0. The summed E-state index contributed by atoms with van der Waals surface area (Å²) in [5, 5.41) is 9.91. The second kappa shape index (κ2) is 4.35. The summed E-state index contributed by atoms with van der Waals surface area (Å²) in [5.74, 6) is -0.102. The van der Waals surface area contributed by atoms with Crippen LogP contribution in [-0.4, -0.2) is 22.8 Å². The smallest absolute Gasteiger partial charge is 0.303 e. The van der Waals surface area contributed by atoms with Crippen molar-refractivity contribution in [2.24, 2.45) is 5.92 Å². The molecule has 1 N–H and O–H groups in total. The maximum atomic E-state index is 10.9. The highest BCUT2D eigenvalue weighted by Gasteiger charge is 2.33. The summed E-state index contributed by atoms with van der Waals surface area (Å²) in [4.78, 5) is 10.9. The van der Waals surface area contributed by atoms with Crippen molar-refractivity contribution >= 4 is 5.97 Å². The Morgan fingerprint density at radius 2 is 2.20 bits per heavy atom. The fourth-order valence-electron chi connectivity index (χ4n) is 1.92. The van der Waals surface area contributed by atoms with Crippen LogP contribution < -0.4 is 0 Å². The van der Waals surface area contributed by atoms with Gasteiger partial charge in [-0.25, -0.2) is 0 Å². The van der Waals surface area contributed by atoms with Crippen LogP contribution in [0, 0.1) is 5.92 Å². The molecular weight excluding hydrogens is 192 g/mol. The summed E-state index contributed by atoms with van der Waals surface area (Å²) in [6, 6.07) is 0. The third-order valence-corrected chi connectivity index (χ3v) is 3.04. The summed E-state index contributed by atoms with van der Waals surface area (Å²) in [6.45, 7) is 6.99. The molecule has 1 aliphatic rings. The molecule has 0 aromatic carbocycles. The van der Waals surface area contributed by atoms with Gasteiger partial charge in [0.05, 0.1) is 5.60 Å². The molecule has 3 nitrogen and oxygen atoms in total. The van der Waals surface area contributed by atoms with Crippen LogP contribution in [0.15, 0.2) is 11.6 Å². The van der Waals surface area contributed by atoms with Crippen molar-refractivity contribution in [1.29, 1.82) is 0 Å². The van der Waals surface area contributed by atoms with Crippen molar-refractivity contribution in [1.82, 2.24) is 0 Å². The SMILES string of the molecule is CC(=O)OC1CC(C(C)(C)O)CC=C1C. The number of hydrogen-bond acceptors (Lipinski definition) is 3. The molecule has 3 heteroatoms. The molecule has 15 heavy (non-hydrogen) atoms. The van der Waals surface area contributed by atoms with Gasteiger partial charge in [-0.2, -0.15) is 0 Å². The van der Waals surface area contributed by atoms with Gasteiger partial charge in [0.15, 0.2) is 0 Å². The van der Waals surface area contributed by atoms with Crippen molar-refractivity contribution in [2.75, 3.05) is 0 Å². The van der Waals surface area contributed by atoms with Gasteiger partial charge < -0.3 is 9.84 Å². The van der Waals surface area contributed by atoms with E-state index in [1.54, 1.807) is 13.8 Å². The number of carbonyl (C=O) groups is 1. The van der Waals surface area contributed by atoms with Crippen LogP contribution in [-0.2, 0) is 9.53 Å². The van der Waals surface area contributed by atoms with Crippen LogP contribution in [0.25, 0.3) is 0 Å². The minimum absolute atomic E-state index is 0.158. The molecule has 2 atom stereocenters. The van der Waals surface area contributed by atoms with Gasteiger partial charge in [0.25, 0.3) is 0 Å². The molecule has 0 heterocycles. The van der Waals surface area contributed by atoms with Gasteiger partial charge in [-0.15, -0.1) is 0 Å². The van der Waals surface area contributed by atoms with E-state index < -0.39 is 5.60 Å². The third-order valence-electron chi connectivity index (χ3n) is 3.04. The number of esters is 1. The first-order valence-electron chi connectivity index (χ1n) is 5.37. The zero-order chi connectivity index (χ0) is 11.6. The van der Waals surface area contributed by atoms with Gasteiger partial charge in [0.1, 0.15) is 6.10 Å². The number of hydrogen-bond donors (Lipinski definition) is 1. The summed E-state index contributed by atoms with van der Waals surface area (Å²) in [5.41, 5.74) is 0.376. The highest BCUT2D eigenvalue weighted by atomic mass is 16.5. The predicted octanol–water partition coefficient (Wildman–Crippen LogP) is 2.05. The van der Waals surface area contributed by atoms with E-state index in [4.69, 9.17) is 4.74 Å². The van der Waals surface area contributed by atoms with Crippen LogP contribution in [0.2, 0.25) is 0 Å². The fraction of sp³-hybridized carbons (Fsp3) is 0.750. The van der Waals surface area contributed by atoms with E-state index in [0.717, 1.165) is 12.0 Å². The second-order valence-corrected chi connectivity index (χ2v) is 4.87. The van der Waals surface area contributed by atoms with E-state index in [1.165, 1.54) is 6.92 Å². The van der Waals surface area contributed by atoms with Crippen LogP contribution >= 0.6 is 0 Å². The maximum absolute atomic E-state index is 10.9. The first kappa shape index (κ1) is 12.2. The molecule has 1 aliphatic carbocycles. The Kier molecular flexibility index (Phi) is 3.55. The average molecular weight is 212 g/mol. The van der Waals surface area contributed by atoms with Gasteiger partial charge in [0.2, 0.25) is 0 Å². The topological polar surface area (TPSA) is 46.5 Å². The highest BCUT2D eigenvalue weighted by molar-refractivity contribution is 5.66. The molecular formula is C12H20O3. The normalized spacial score (nSPS) is 27.1. The molecule has 86 valence electrons. The number of carbonyl (C=O) groups excluding carboxylic acids is 1. The predicted molar refractivity (Wildman–Crippen MR) is 58.3 cm³/mol. The molecule has 0 aromatic rings. The summed E-state index contributed by atoms with van der Waals surface area (Å²) in [6.07, 6.45) is 3.46. The summed E-state index contributed by atoms with van der Waals surface area (Å²) < 4.78 is 5.21. The standard InChI is InChI=1S/C12H20O3/c1-8-5-6-10(12(3,4)14)7-11(8)15-9(2)13/h5,10-11,14H,6-7H2,1-4H3. The Balaban J connectivity index is 2.70. The Morgan fingerprint density at radius 3 is 2.67 bits per heavy atom. The largest absolute Gasteiger partial charge is 0.458 e. The van der Waals surface area contributed by atoms with Gasteiger partial charge in [-0.1, -0.05) is 6.08 Å². The number of rotatable bonds is 2. The van der Waals surface area contributed by atoms with Crippen LogP contribution in [0.5, 0.6) is 0 Å². The van der Waals surface area contributed by atoms with Gasteiger partial charge in [0, 0.05) is 6.92 Å². The van der Waals surface area contributed by atoms with Gasteiger partial charge in [-0.05, 0) is 45.1 Å². The van der Waals surface area contributed by atoms with Crippen LogP contribution in [0.3, 0.4) is 0 Å². The molecule has 0 bridgehead atoms. The van der Waals surface area contributed by atoms with E-state index in [9.17, 15) is 9.90 Å². The molecule has 1 rings (SSSR count). The Hall–Kier alpha value is -0.830. The Labute approximate surface area is 91.1 Å².